The molecule has 0 radical (unpaired) electrons. The Morgan fingerprint density at radius 1 is 1.42 bits per heavy atom. The molecule has 1 saturated heterocycles. The summed E-state index contributed by atoms with van der Waals surface area (Å²) < 4.78 is 21.7. The standard InChI is InChI=1S/C8H17NO2S/c1-12(10,11)7-5-8-4-2-3-6-9-8/h8-9H,2-7H2,1H3. The molecular weight excluding hydrogens is 174 g/mol. The second-order valence-corrected chi connectivity index (χ2v) is 5.83. The second kappa shape index (κ2) is 4.23. The topological polar surface area (TPSA) is 46.2 Å². The van der Waals surface area contributed by atoms with Crippen molar-refractivity contribution < 1.29 is 8.42 Å². The van der Waals surface area contributed by atoms with Crippen molar-refractivity contribution in [2.24, 2.45) is 0 Å². The molecule has 0 bridgehead atoms. The first-order valence-electron chi connectivity index (χ1n) is 4.49. The van der Waals surface area contributed by atoms with Gasteiger partial charge in [0.2, 0.25) is 0 Å². The fourth-order valence-electron chi connectivity index (χ4n) is 1.53. The van der Waals surface area contributed by atoms with Crippen molar-refractivity contribution in [1.29, 1.82) is 0 Å². The lowest BCUT2D eigenvalue weighted by atomic mass is 10.0. The molecule has 1 N–H and O–H groups in total. The summed E-state index contributed by atoms with van der Waals surface area (Å²) in [5.74, 6) is 0.324. The largest absolute Gasteiger partial charge is 0.314 e. The molecule has 0 aromatic carbocycles. The first-order chi connectivity index (χ1) is 5.58. The van der Waals surface area contributed by atoms with Crippen LogP contribution in [0.25, 0.3) is 0 Å². The molecule has 1 rings (SSSR count). The minimum atomic E-state index is -2.76. The molecule has 4 heteroatoms. The molecule has 0 aliphatic carbocycles. The molecule has 1 heterocycles. The molecule has 0 saturated carbocycles. The maximum Gasteiger partial charge on any atom is 0.147 e. The summed E-state index contributed by atoms with van der Waals surface area (Å²) in [6.45, 7) is 1.05. The zero-order valence-corrected chi connectivity index (χ0v) is 8.36. The molecule has 1 unspecified atom stereocenters. The van der Waals surface area contributed by atoms with Crippen LogP contribution in [0.5, 0.6) is 0 Å². The number of hydrogen-bond donors (Lipinski definition) is 1. The van der Waals surface area contributed by atoms with Gasteiger partial charge in [-0.3, -0.25) is 0 Å². The monoisotopic (exact) mass is 191 g/mol. The van der Waals surface area contributed by atoms with Gasteiger partial charge in [0.15, 0.2) is 0 Å². The van der Waals surface area contributed by atoms with E-state index < -0.39 is 9.84 Å². The SMILES string of the molecule is CS(=O)(=O)CCC1CCCCN1. The van der Waals surface area contributed by atoms with E-state index >= 15 is 0 Å². The maximum atomic E-state index is 10.8. The maximum absolute atomic E-state index is 10.8. The lowest BCUT2D eigenvalue weighted by Gasteiger charge is -2.22. The van der Waals surface area contributed by atoms with Crippen LogP contribution >= 0.6 is 0 Å². The van der Waals surface area contributed by atoms with Gasteiger partial charge >= 0.3 is 0 Å². The predicted molar refractivity (Wildman–Crippen MR) is 50.0 cm³/mol. The summed E-state index contributed by atoms with van der Waals surface area (Å²) in [5, 5.41) is 3.33. The number of rotatable bonds is 3. The van der Waals surface area contributed by atoms with Crippen molar-refractivity contribution in [3.8, 4) is 0 Å². The first-order valence-corrected chi connectivity index (χ1v) is 6.55. The van der Waals surface area contributed by atoms with Gasteiger partial charge in [-0.15, -0.1) is 0 Å². The van der Waals surface area contributed by atoms with Gasteiger partial charge in [-0.25, -0.2) is 8.42 Å². The quantitative estimate of drug-likeness (QED) is 0.709. The molecule has 1 aliphatic rings. The fraction of sp³-hybridized carbons (Fsp3) is 1.00. The lowest BCUT2D eigenvalue weighted by molar-refractivity contribution is 0.393. The Morgan fingerprint density at radius 2 is 2.17 bits per heavy atom. The van der Waals surface area contributed by atoms with Gasteiger partial charge < -0.3 is 5.32 Å². The van der Waals surface area contributed by atoms with E-state index in [-0.39, 0.29) is 0 Å². The van der Waals surface area contributed by atoms with Crippen molar-refractivity contribution in [3.63, 3.8) is 0 Å². The minimum absolute atomic E-state index is 0.324. The average molecular weight is 191 g/mol. The summed E-state index contributed by atoms with van der Waals surface area (Å²) in [6, 6.07) is 0.438. The van der Waals surface area contributed by atoms with Gasteiger partial charge in [-0.1, -0.05) is 6.42 Å². The number of nitrogens with one attached hydrogen (secondary N) is 1. The normalized spacial score (nSPS) is 25.6. The number of hydrogen-bond acceptors (Lipinski definition) is 3. The zero-order valence-electron chi connectivity index (χ0n) is 7.54. The van der Waals surface area contributed by atoms with E-state index in [4.69, 9.17) is 0 Å². The predicted octanol–water partition coefficient (Wildman–Crippen LogP) is 0.563. The van der Waals surface area contributed by atoms with Crippen LogP contribution in [0.4, 0.5) is 0 Å². The van der Waals surface area contributed by atoms with Gasteiger partial charge in [0, 0.05) is 12.3 Å². The average Bonchev–Trinajstić information content (AvgIpc) is 2.02. The summed E-state index contributed by atoms with van der Waals surface area (Å²) in [5.41, 5.74) is 0. The van der Waals surface area contributed by atoms with Crippen molar-refractivity contribution in [2.75, 3.05) is 18.6 Å². The van der Waals surface area contributed by atoms with E-state index in [0.717, 1.165) is 19.4 Å². The zero-order chi connectivity index (χ0) is 9.03. The highest BCUT2D eigenvalue weighted by Crippen LogP contribution is 2.10. The third kappa shape index (κ3) is 4.07. The van der Waals surface area contributed by atoms with Crippen LogP contribution in [0.3, 0.4) is 0 Å². The third-order valence-electron chi connectivity index (χ3n) is 2.25. The molecule has 0 amide bonds. The molecule has 0 spiro atoms. The molecule has 3 nitrogen and oxygen atoms in total. The van der Waals surface area contributed by atoms with Crippen LogP contribution in [-0.2, 0) is 9.84 Å². The molecule has 72 valence electrons. The van der Waals surface area contributed by atoms with Crippen molar-refractivity contribution in [1.82, 2.24) is 5.32 Å². The molecule has 1 atom stereocenters. The van der Waals surface area contributed by atoms with Gasteiger partial charge in [0.25, 0.3) is 0 Å². The van der Waals surface area contributed by atoms with E-state index in [9.17, 15) is 8.42 Å². The number of sulfone groups is 1. The van der Waals surface area contributed by atoms with Crippen molar-refractivity contribution in [2.45, 2.75) is 31.7 Å². The molecule has 0 aromatic heterocycles. The van der Waals surface area contributed by atoms with Crippen molar-refractivity contribution in [3.05, 3.63) is 0 Å². The molecular formula is C8H17NO2S. The smallest absolute Gasteiger partial charge is 0.147 e. The third-order valence-corrected chi connectivity index (χ3v) is 3.23. The highest BCUT2D eigenvalue weighted by molar-refractivity contribution is 7.90. The van der Waals surface area contributed by atoms with E-state index in [2.05, 4.69) is 5.32 Å². The Balaban J connectivity index is 2.22. The van der Waals surface area contributed by atoms with Gasteiger partial charge in [0.05, 0.1) is 5.75 Å². The Morgan fingerprint density at radius 3 is 2.67 bits per heavy atom. The lowest BCUT2D eigenvalue weighted by Crippen LogP contribution is -2.35. The summed E-state index contributed by atoms with van der Waals surface area (Å²) in [4.78, 5) is 0. The Hall–Kier alpha value is -0.0900. The van der Waals surface area contributed by atoms with Crippen LogP contribution < -0.4 is 5.32 Å². The molecule has 1 fully saturated rings. The van der Waals surface area contributed by atoms with Crippen LogP contribution in [-0.4, -0.2) is 33.0 Å². The van der Waals surface area contributed by atoms with E-state index in [1.165, 1.54) is 19.1 Å². The summed E-state index contributed by atoms with van der Waals surface area (Å²) in [7, 11) is -2.76. The van der Waals surface area contributed by atoms with Crippen LogP contribution in [0.15, 0.2) is 0 Å². The number of piperidine rings is 1. The Bertz CT molecular complexity index is 217. The summed E-state index contributed by atoms with van der Waals surface area (Å²) in [6.07, 6.45) is 5.68. The highest BCUT2D eigenvalue weighted by atomic mass is 32.2. The summed E-state index contributed by atoms with van der Waals surface area (Å²) >= 11 is 0. The van der Waals surface area contributed by atoms with Crippen LogP contribution in [0.1, 0.15) is 25.7 Å². The van der Waals surface area contributed by atoms with Gasteiger partial charge in [-0.05, 0) is 25.8 Å². The van der Waals surface area contributed by atoms with Gasteiger partial charge in [0.1, 0.15) is 9.84 Å². The molecule has 0 aromatic rings. The second-order valence-electron chi connectivity index (χ2n) is 3.57. The Labute approximate surface area is 74.5 Å². The highest BCUT2D eigenvalue weighted by Gasteiger charge is 2.14. The van der Waals surface area contributed by atoms with E-state index in [1.54, 1.807) is 0 Å². The van der Waals surface area contributed by atoms with Gasteiger partial charge in [-0.2, -0.15) is 0 Å². The minimum Gasteiger partial charge on any atom is -0.314 e. The van der Waals surface area contributed by atoms with E-state index in [1.807, 2.05) is 0 Å². The van der Waals surface area contributed by atoms with E-state index in [0.29, 0.717) is 11.8 Å². The van der Waals surface area contributed by atoms with Crippen LogP contribution in [0, 0.1) is 0 Å². The Kier molecular flexibility index (Phi) is 3.53. The molecule has 12 heavy (non-hydrogen) atoms. The first kappa shape index (κ1) is 9.99. The van der Waals surface area contributed by atoms with Crippen LogP contribution in [0.2, 0.25) is 0 Å². The fourth-order valence-corrected chi connectivity index (χ4v) is 2.24. The van der Waals surface area contributed by atoms with Crippen molar-refractivity contribution >= 4 is 9.84 Å². The molecule has 1 aliphatic heterocycles.